The largest absolute Gasteiger partial charge is 0.493 e. The number of imide groups is 1. The molecule has 2 unspecified atom stereocenters. The molecule has 3 saturated heterocycles. The van der Waals surface area contributed by atoms with Crippen LogP contribution in [0.2, 0.25) is 0 Å². The van der Waals surface area contributed by atoms with Crippen LogP contribution in [0, 0.1) is 18.4 Å². The fourth-order valence-corrected chi connectivity index (χ4v) is 6.03. The van der Waals surface area contributed by atoms with Gasteiger partial charge in [0.25, 0.3) is 0 Å². The van der Waals surface area contributed by atoms with Gasteiger partial charge in [0.15, 0.2) is 5.69 Å². The van der Waals surface area contributed by atoms with Gasteiger partial charge in [-0.05, 0) is 56.2 Å². The molecule has 11 heteroatoms. The van der Waals surface area contributed by atoms with Gasteiger partial charge in [0.2, 0.25) is 17.7 Å². The number of nitrogens with one attached hydrogen (secondary N) is 1. The third-order valence-corrected chi connectivity index (χ3v) is 7.64. The van der Waals surface area contributed by atoms with Crippen molar-refractivity contribution in [1.82, 2.24) is 0 Å². The SMILES string of the molecule is [C-]#[N+]c1ccc(N2C(=O)[C@@H]3[C@H](C2=O)C2(C)CCC3(CCOc3ccc(NC(C)=O)cc3)O2)cc1C(F)(F)F. The number of nitrogens with zero attached hydrogens (tertiary/aromatic N) is 2. The molecule has 198 valence electrons. The van der Waals surface area contributed by atoms with Gasteiger partial charge in [-0.1, -0.05) is 6.07 Å². The molecule has 8 nitrogen and oxygen atoms in total. The van der Waals surface area contributed by atoms with E-state index >= 15 is 0 Å². The minimum atomic E-state index is -4.81. The average molecular weight is 527 g/mol. The highest BCUT2D eigenvalue weighted by atomic mass is 19.4. The minimum Gasteiger partial charge on any atom is -0.493 e. The Bertz CT molecular complexity index is 1370. The van der Waals surface area contributed by atoms with Crippen molar-refractivity contribution in [3.8, 4) is 5.75 Å². The zero-order chi connectivity index (χ0) is 27.5. The van der Waals surface area contributed by atoms with E-state index in [1.807, 2.05) is 0 Å². The fourth-order valence-electron chi connectivity index (χ4n) is 6.03. The summed E-state index contributed by atoms with van der Waals surface area (Å²) >= 11 is 0. The highest BCUT2D eigenvalue weighted by molar-refractivity contribution is 6.23. The number of anilines is 2. The van der Waals surface area contributed by atoms with E-state index in [-0.39, 0.29) is 18.2 Å². The molecule has 2 aromatic rings. The minimum absolute atomic E-state index is 0.179. The van der Waals surface area contributed by atoms with Crippen LogP contribution in [0.3, 0.4) is 0 Å². The first-order valence-electron chi connectivity index (χ1n) is 12.1. The lowest BCUT2D eigenvalue weighted by Gasteiger charge is -2.31. The Morgan fingerprint density at radius 1 is 1.16 bits per heavy atom. The molecule has 3 fully saturated rings. The Hall–Kier alpha value is -3.91. The van der Waals surface area contributed by atoms with E-state index in [0.717, 1.165) is 11.0 Å². The van der Waals surface area contributed by atoms with Crippen molar-refractivity contribution in [2.45, 2.75) is 50.5 Å². The summed E-state index contributed by atoms with van der Waals surface area (Å²) in [5, 5.41) is 2.66. The van der Waals surface area contributed by atoms with Gasteiger partial charge in [-0.25, -0.2) is 9.74 Å². The second kappa shape index (κ2) is 8.84. The number of rotatable bonds is 6. The molecule has 0 aliphatic carbocycles. The van der Waals surface area contributed by atoms with Gasteiger partial charge in [-0.3, -0.25) is 14.4 Å². The predicted molar refractivity (Wildman–Crippen MR) is 129 cm³/mol. The second-order valence-corrected chi connectivity index (χ2v) is 10.1. The normalized spacial score (nSPS) is 27.8. The lowest BCUT2D eigenvalue weighted by molar-refractivity contribution is -0.137. The second-order valence-electron chi connectivity index (χ2n) is 10.1. The molecular formula is C27H24F3N3O5. The van der Waals surface area contributed by atoms with E-state index < -0.39 is 52.3 Å². The van der Waals surface area contributed by atoms with Crippen molar-refractivity contribution in [2.75, 3.05) is 16.8 Å². The third kappa shape index (κ3) is 4.09. The Kier molecular flexibility index (Phi) is 5.98. The number of fused-ring (bicyclic) bond motifs is 5. The molecule has 2 aromatic carbocycles. The maximum absolute atomic E-state index is 13.6. The number of alkyl halides is 3. The molecule has 3 aliphatic heterocycles. The monoisotopic (exact) mass is 527 g/mol. The number of amides is 3. The fraction of sp³-hybridized carbons (Fsp3) is 0.407. The molecule has 0 spiro atoms. The summed E-state index contributed by atoms with van der Waals surface area (Å²) in [7, 11) is 0. The van der Waals surface area contributed by atoms with E-state index in [1.165, 1.54) is 13.0 Å². The van der Waals surface area contributed by atoms with Crippen LogP contribution in [0.5, 0.6) is 5.75 Å². The molecule has 3 amide bonds. The van der Waals surface area contributed by atoms with E-state index in [4.69, 9.17) is 16.0 Å². The van der Waals surface area contributed by atoms with E-state index in [1.54, 1.807) is 31.2 Å². The number of ether oxygens (including phenoxy) is 2. The molecule has 5 rings (SSSR count). The van der Waals surface area contributed by atoms with E-state index in [0.29, 0.717) is 36.8 Å². The number of hydrogen-bond donors (Lipinski definition) is 1. The summed E-state index contributed by atoms with van der Waals surface area (Å²) in [6.07, 6.45) is -3.48. The van der Waals surface area contributed by atoms with E-state index in [9.17, 15) is 27.6 Å². The summed E-state index contributed by atoms with van der Waals surface area (Å²) in [6.45, 7) is 10.4. The van der Waals surface area contributed by atoms with Crippen molar-refractivity contribution in [3.63, 3.8) is 0 Å². The first-order valence-corrected chi connectivity index (χ1v) is 12.1. The van der Waals surface area contributed by atoms with Gasteiger partial charge in [-0.15, -0.1) is 0 Å². The molecule has 0 saturated carbocycles. The summed E-state index contributed by atoms with van der Waals surface area (Å²) in [5.74, 6) is -2.53. The van der Waals surface area contributed by atoms with Crippen LogP contribution in [-0.2, 0) is 25.3 Å². The highest BCUT2D eigenvalue weighted by Gasteiger charge is 2.73. The van der Waals surface area contributed by atoms with Crippen LogP contribution >= 0.6 is 0 Å². The van der Waals surface area contributed by atoms with Gasteiger partial charge in [0, 0.05) is 24.7 Å². The Morgan fingerprint density at radius 2 is 1.84 bits per heavy atom. The molecule has 38 heavy (non-hydrogen) atoms. The van der Waals surface area contributed by atoms with Crippen LogP contribution in [0.4, 0.5) is 30.2 Å². The van der Waals surface area contributed by atoms with Crippen LogP contribution in [-0.4, -0.2) is 35.5 Å². The van der Waals surface area contributed by atoms with Gasteiger partial charge >= 0.3 is 6.18 Å². The Balaban J connectivity index is 1.37. The topological polar surface area (TPSA) is 89.3 Å². The number of carbonyl (C=O) groups excluding carboxylic acids is 3. The molecule has 1 N–H and O–H groups in total. The van der Waals surface area contributed by atoms with Gasteiger partial charge in [0.1, 0.15) is 5.75 Å². The first kappa shape index (κ1) is 25.7. The zero-order valence-electron chi connectivity index (χ0n) is 20.6. The van der Waals surface area contributed by atoms with Gasteiger partial charge in [0.05, 0.1) is 41.8 Å². The highest BCUT2D eigenvalue weighted by Crippen LogP contribution is 2.62. The number of hydrogen-bond acceptors (Lipinski definition) is 5. The van der Waals surface area contributed by atoms with E-state index in [2.05, 4.69) is 10.2 Å². The maximum Gasteiger partial charge on any atom is 0.407 e. The molecule has 0 radical (unpaired) electrons. The molecule has 3 heterocycles. The lowest BCUT2D eigenvalue weighted by Crippen LogP contribution is -2.43. The van der Waals surface area contributed by atoms with Crippen molar-refractivity contribution in [2.24, 2.45) is 11.8 Å². The van der Waals surface area contributed by atoms with Gasteiger partial charge in [-0.2, -0.15) is 13.2 Å². The molecular weight excluding hydrogens is 503 g/mol. The standard InChI is InChI=1S/C27H24F3N3O5/c1-15(34)32-16-4-7-18(8-5-16)37-13-12-26-11-10-25(2,38-26)21-22(26)24(36)33(23(21)35)17-6-9-20(31-3)19(14-17)27(28,29)30/h4-9,14,21-22H,10-13H2,1-2H3,(H,32,34)/t21-,22+,25?,26?/m1/s1. The van der Waals surface area contributed by atoms with Crippen molar-refractivity contribution in [3.05, 3.63) is 59.4 Å². The van der Waals surface area contributed by atoms with Crippen LogP contribution in [0.15, 0.2) is 42.5 Å². The van der Waals surface area contributed by atoms with Gasteiger partial charge < -0.3 is 14.8 Å². The van der Waals surface area contributed by atoms with Crippen LogP contribution in [0.25, 0.3) is 4.85 Å². The summed E-state index contributed by atoms with van der Waals surface area (Å²) < 4.78 is 52.9. The molecule has 3 aliphatic rings. The van der Waals surface area contributed by atoms with Crippen molar-refractivity contribution in [1.29, 1.82) is 0 Å². The van der Waals surface area contributed by atoms with Crippen molar-refractivity contribution < 1.29 is 37.0 Å². The lowest BCUT2D eigenvalue weighted by atomic mass is 9.67. The third-order valence-electron chi connectivity index (χ3n) is 7.64. The quantitative estimate of drug-likeness (QED) is 0.417. The van der Waals surface area contributed by atoms with Crippen LogP contribution in [0.1, 0.15) is 38.7 Å². The smallest absolute Gasteiger partial charge is 0.407 e. The Labute approximate surface area is 216 Å². The summed E-state index contributed by atoms with van der Waals surface area (Å²) in [4.78, 5) is 42.0. The average Bonchev–Trinajstić information content (AvgIpc) is 3.43. The number of halogens is 3. The van der Waals surface area contributed by atoms with Crippen LogP contribution < -0.4 is 15.0 Å². The first-order chi connectivity index (χ1) is 17.9. The number of benzene rings is 2. The summed E-state index contributed by atoms with van der Waals surface area (Å²) in [6, 6.07) is 9.63. The molecule has 0 aromatic heterocycles. The molecule has 4 atom stereocenters. The van der Waals surface area contributed by atoms with Crippen molar-refractivity contribution >= 4 is 34.8 Å². The Morgan fingerprint density at radius 3 is 2.47 bits per heavy atom. The predicted octanol–water partition coefficient (Wildman–Crippen LogP) is 5.11. The summed E-state index contributed by atoms with van der Waals surface area (Å²) in [5.41, 5.74) is -3.29. The number of carbonyl (C=O) groups is 3. The maximum atomic E-state index is 13.6. The molecule has 2 bridgehead atoms. The zero-order valence-corrected chi connectivity index (χ0v) is 20.6.